The van der Waals surface area contributed by atoms with Gasteiger partial charge in [0.2, 0.25) is 0 Å². The molecule has 6 heteroatoms. The molecule has 2 atom stereocenters. The van der Waals surface area contributed by atoms with Crippen molar-refractivity contribution >= 4 is 53.4 Å². The number of para-hydroxylation sites is 2. The Morgan fingerprint density at radius 2 is 1.25 bits per heavy atom. The summed E-state index contributed by atoms with van der Waals surface area (Å²) in [4.78, 5) is 15.1. The fraction of sp³-hybridized carbons (Fsp3) is 0.0392. The number of allylic oxidation sites excluding steroid dienone is 4. The minimum atomic E-state index is 0.0978. The molecule has 2 unspecified atom stereocenters. The van der Waals surface area contributed by atoms with E-state index < -0.39 is 0 Å². The summed E-state index contributed by atoms with van der Waals surface area (Å²) in [5.41, 5.74) is 9.30. The summed E-state index contributed by atoms with van der Waals surface area (Å²) in [5.74, 6) is 4.10. The summed E-state index contributed by atoms with van der Waals surface area (Å²) >= 11 is 1.77. The van der Waals surface area contributed by atoms with Crippen LogP contribution < -0.4 is 4.74 Å². The van der Waals surface area contributed by atoms with Gasteiger partial charge in [0.1, 0.15) is 22.7 Å². The second-order valence-electron chi connectivity index (χ2n) is 14.7. The summed E-state index contributed by atoms with van der Waals surface area (Å²) in [7, 11) is 0. The minimum Gasteiger partial charge on any atom is -0.461 e. The molecule has 0 N–H and O–H groups in total. The molecule has 268 valence electrons. The Morgan fingerprint density at radius 1 is 0.526 bits per heavy atom. The van der Waals surface area contributed by atoms with Crippen molar-refractivity contribution in [1.82, 2.24) is 15.0 Å². The van der Waals surface area contributed by atoms with Gasteiger partial charge in [-0.2, -0.15) is 0 Å². The van der Waals surface area contributed by atoms with E-state index in [1.54, 1.807) is 11.3 Å². The molecule has 5 nitrogen and oxygen atoms in total. The van der Waals surface area contributed by atoms with E-state index in [4.69, 9.17) is 24.1 Å². The van der Waals surface area contributed by atoms with Crippen molar-refractivity contribution in [3.05, 3.63) is 193 Å². The zero-order valence-corrected chi connectivity index (χ0v) is 31.3. The van der Waals surface area contributed by atoms with E-state index >= 15 is 0 Å². The first kappa shape index (κ1) is 32.1. The molecular weight excluding hydrogens is 719 g/mol. The van der Waals surface area contributed by atoms with Crippen LogP contribution in [0.15, 0.2) is 186 Å². The van der Waals surface area contributed by atoms with Crippen LogP contribution >= 0.6 is 11.3 Å². The predicted molar refractivity (Wildman–Crippen MR) is 232 cm³/mol. The molecule has 2 aliphatic rings. The fourth-order valence-electron chi connectivity index (χ4n) is 8.69. The van der Waals surface area contributed by atoms with E-state index in [0.717, 1.165) is 66.0 Å². The molecule has 7 aromatic carbocycles. The Hall–Kier alpha value is -7.15. The maximum absolute atomic E-state index is 6.70. The average molecular weight is 750 g/mol. The standard InChI is InChI=1S/C51H31N3O2S/c1-3-13-30(14-4-1)49-52-50(31-15-5-2-6-16-31)54-51(53-49)38-21-11-20-36-40-27-32(25-26-45(40)57-48(36)38)39-28-33(29-41-35-17-7-9-22-42(35)56-47(39)41)34-19-12-24-44-46(34)37-18-8-10-23-43(37)55-44/h1-29,34,46H. The van der Waals surface area contributed by atoms with Crippen molar-refractivity contribution in [2.75, 3.05) is 0 Å². The van der Waals surface area contributed by atoms with Crippen molar-refractivity contribution in [1.29, 1.82) is 0 Å². The van der Waals surface area contributed by atoms with Gasteiger partial charge in [-0.1, -0.05) is 127 Å². The number of hydrogen-bond acceptors (Lipinski definition) is 6. The number of rotatable bonds is 5. The quantitative estimate of drug-likeness (QED) is 0.175. The highest BCUT2D eigenvalue weighted by Crippen LogP contribution is 2.52. The first-order valence-electron chi connectivity index (χ1n) is 19.2. The number of ether oxygens (including phenoxy) is 1. The van der Waals surface area contributed by atoms with Gasteiger partial charge in [0.05, 0.1) is 5.92 Å². The zero-order chi connectivity index (χ0) is 37.5. The lowest BCUT2D eigenvalue weighted by Gasteiger charge is -2.24. The second-order valence-corrected chi connectivity index (χ2v) is 15.7. The molecule has 0 saturated carbocycles. The van der Waals surface area contributed by atoms with Crippen molar-refractivity contribution < 1.29 is 9.15 Å². The van der Waals surface area contributed by atoms with Gasteiger partial charge in [-0.3, -0.25) is 0 Å². The third kappa shape index (κ3) is 5.18. The Bertz CT molecular complexity index is 3230. The van der Waals surface area contributed by atoms with Crippen LogP contribution in [0.1, 0.15) is 23.0 Å². The first-order valence-corrected chi connectivity index (χ1v) is 20.0. The highest BCUT2D eigenvalue weighted by Gasteiger charge is 2.37. The largest absolute Gasteiger partial charge is 0.461 e. The normalized spacial score (nSPS) is 15.9. The number of nitrogens with zero attached hydrogens (tertiary/aromatic N) is 3. The Kier molecular flexibility index (Phi) is 7.16. The van der Waals surface area contributed by atoms with Gasteiger partial charge in [0.15, 0.2) is 17.5 Å². The van der Waals surface area contributed by atoms with E-state index in [9.17, 15) is 0 Å². The van der Waals surface area contributed by atoms with Crippen LogP contribution in [-0.4, -0.2) is 15.0 Å². The van der Waals surface area contributed by atoms with E-state index in [0.29, 0.717) is 17.5 Å². The van der Waals surface area contributed by atoms with Crippen LogP contribution in [0.2, 0.25) is 0 Å². The van der Waals surface area contributed by atoms with Crippen LogP contribution in [0, 0.1) is 0 Å². The monoisotopic (exact) mass is 749 g/mol. The third-order valence-corrected chi connectivity index (χ3v) is 12.6. The number of fused-ring (bicyclic) bond motifs is 9. The molecule has 0 saturated heterocycles. The molecule has 1 aliphatic carbocycles. The highest BCUT2D eigenvalue weighted by atomic mass is 32.1. The van der Waals surface area contributed by atoms with Crippen LogP contribution in [0.25, 0.3) is 87.4 Å². The van der Waals surface area contributed by atoms with E-state index in [-0.39, 0.29) is 11.8 Å². The lowest BCUT2D eigenvalue weighted by molar-refractivity contribution is 0.416. The van der Waals surface area contributed by atoms with Crippen molar-refractivity contribution in [3.63, 3.8) is 0 Å². The number of benzene rings is 7. The molecule has 3 aromatic heterocycles. The van der Waals surface area contributed by atoms with Gasteiger partial charge in [-0.05, 0) is 59.7 Å². The topological polar surface area (TPSA) is 61.0 Å². The van der Waals surface area contributed by atoms with E-state index in [1.165, 1.54) is 26.6 Å². The molecule has 0 bridgehead atoms. The molecule has 57 heavy (non-hydrogen) atoms. The molecule has 4 heterocycles. The van der Waals surface area contributed by atoms with Gasteiger partial charge >= 0.3 is 0 Å². The fourth-order valence-corrected chi connectivity index (χ4v) is 9.89. The Balaban J connectivity index is 1.03. The predicted octanol–water partition coefficient (Wildman–Crippen LogP) is 13.5. The van der Waals surface area contributed by atoms with Crippen molar-refractivity contribution in [3.8, 4) is 51.0 Å². The first-order chi connectivity index (χ1) is 28.2. The van der Waals surface area contributed by atoms with Crippen molar-refractivity contribution in [2.24, 2.45) is 0 Å². The third-order valence-electron chi connectivity index (χ3n) is 11.4. The number of furan rings is 1. The SMILES string of the molecule is C1=CC(c2cc(-c3ccc4sc5c(-c6nc(-c7ccccc7)nc(-c7ccccc7)n6)cccc5c4c3)c3oc4ccccc4c3c2)C2C(=C1)Oc1ccccc12. The molecule has 12 rings (SSSR count). The number of aromatic nitrogens is 3. The van der Waals surface area contributed by atoms with Crippen LogP contribution in [-0.2, 0) is 0 Å². The minimum absolute atomic E-state index is 0.0978. The van der Waals surface area contributed by atoms with Crippen LogP contribution in [0.5, 0.6) is 5.75 Å². The maximum Gasteiger partial charge on any atom is 0.165 e. The average Bonchev–Trinajstić information content (AvgIpc) is 3.98. The van der Waals surface area contributed by atoms with E-state index in [2.05, 4.69) is 103 Å². The molecule has 10 aromatic rings. The lowest BCUT2D eigenvalue weighted by atomic mass is 9.77. The molecular formula is C51H31N3O2S. The molecule has 0 spiro atoms. The van der Waals surface area contributed by atoms with E-state index in [1.807, 2.05) is 72.8 Å². The van der Waals surface area contributed by atoms with Crippen molar-refractivity contribution in [2.45, 2.75) is 11.8 Å². The highest BCUT2D eigenvalue weighted by molar-refractivity contribution is 7.26. The zero-order valence-electron chi connectivity index (χ0n) is 30.5. The summed E-state index contributed by atoms with van der Waals surface area (Å²) in [5, 5.41) is 4.58. The van der Waals surface area contributed by atoms with Gasteiger partial charge in [-0.25, -0.2) is 15.0 Å². The van der Waals surface area contributed by atoms with Gasteiger partial charge in [0.25, 0.3) is 0 Å². The second kappa shape index (κ2) is 12.7. The Labute approximate surface area is 331 Å². The molecule has 0 amide bonds. The lowest BCUT2D eigenvalue weighted by Crippen LogP contribution is -2.12. The van der Waals surface area contributed by atoms with Crippen LogP contribution in [0.4, 0.5) is 0 Å². The summed E-state index contributed by atoms with van der Waals surface area (Å²) in [6, 6.07) is 55.0. The molecule has 0 radical (unpaired) electrons. The maximum atomic E-state index is 6.70. The Morgan fingerprint density at radius 3 is 2.07 bits per heavy atom. The summed E-state index contributed by atoms with van der Waals surface area (Å²) in [6.45, 7) is 0. The van der Waals surface area contributed by atoms with Gasteiger partial charge in [0, 0.05) is 64.7 Å². The molecule has 0 fully saturated rings. The van der Waals surface area contributed by atoms with Gasteiger partial charge in [-0.15, -0.1) is 11.3 Å². The number of hydrogen-bond donors (Lipinski definition) is 0. The number of thiophene rings is 1. The molecule has 1 aliphatic heterocycles. The summed E-state index contributed by atoms with van der Waals surface area (Å²) in [6.07, 6.45) is 6.57. The smallest absolute Gasteiger partial charge is 0.165 e. The van der Waals surface area contributed by atoms with Crippen LogP contribution in [0.3, 0.4) is 0 Å². The van der Waals surface area contributed by atoms with Gasteiger partial charge < -0.3 is 9.15 Å². The summed E-state index contributed by atoms with van der Waals surface area (Å²) < 4.78 is 15.4.